The summed E-state index contributed by atoms with van der Waals surface area (Å²) in [5.41, 5.74) is 0.995. The predicted molar refractivity (Wildman–Crippen MR) is 108 cm³/mol. The lowest BCUT2D eigenvalue weighted by Gasteiger charge is -2.37. The van der Waals surface area contributed by atoms with E-state index in [1.807, 2.05) is 24.3 Å². The van der Waals surface area contributed by atoms with Gasteiger partial charge in [0.2, 0.25) is 0 Å². The number of carbonyl (C=O) groups is 3. The second-order valence-electron chi connectivity index (χ2n) is 7.27. The van der Waals surface area contributed by atoms with Crippen LogP contribution >= 0.6 is 0 Å². The summed E-state index contributed by atoms with van der Waals surface area (Å²) >= 11 is 0. The SMILES string of the molecule is CCOC(=O)C1CCN(C(=O)C(=O)N2CCN(c3ccccc3OC)CC2)CC1. The van der Waals surface area contributed by atoms with Gasteiger partial charge in [-0.05, 0) is 31.9 Å². The highest BCUT2D eigenvalue weighted by Crippen LogP contribution is 2.28. The van der Waals surface area contributed by atoms with E-state index in [0.717, 1.165) is 11.4 Å². The molecule has 0 aromatic heterocycles. The van der Waals surface area contributed by atoms with Gasteiger partial charge in [-0.15, -0.1) is 0 Å². The van der Waals surface area contributed by atoms with Gasteiger partial charge in [0.25, 0.3) is 0 Å². The molecule has 0 spiro atoms. The maximum Gasteiger partial charge on any atom is 0.312 e. The van der Waals surface area contributed by atoms with Crippen LogP contribution in [0.3, 0.4) is 0 Å². The molecule has 2 saturated heterocycles. The predicted octanol–water partition coefficient (Wildman–Crippen LogP) is 1.15. The Kier molecular flexibility index (Phi) is 6.95. The lowest BCUT2D eigenvalue weighted by Crippen LogP contribution is -2.54. The number of rotatable bonds is 4. The molecule has 2 aliphatic heterocycles. The molecule has 0 saturated carbocycles. The van der Waals surface area contributed by atoms with E-state index in [9.17, 15) is 14.4 Å². The number of hydrogen-bond donors (Lipinski definition) is 0. The van der Waals surface area contributed by atoms with E-state index in [2.05, 4.69) is 4.90 Å². The van der Waals surface area contributed by atoms with Crippen molar-refractivity contribution in [1.82, 2.24) is 9.80 Å². The van der Waals surface area contributed by atoms with Gasteiger partial charge >= 0.3 is 17.8 Å². The maximum atomic E-state index is 12.7. The Bertz CT molecular complexity index is 738. The highest BCUT2D eigenvalue weighted by atomic mass is 16.5. The number of piperazine rings is 1. The number of methoxy groups -OCH3 is 1. The van der Waals surface area contributed by atoms with E-state index in [1.165, 1.54) is 0 Å². The molecule has 0 radical (unpaired) electrons. The summed E-state index contributed by atoms with van der Waals surface area (Å²) in [7, 11) is 1.64. The first-order valence-electron chi connectivity index (χ1n) is 10.2. The van der Waals surface area contributed by atoms with Crippen LogP contribution in [0.5, 0.6) is 5.75 Å². The molecule has 0 atom stereocenters. The van der Waals surface area contributed by atoms with Crippen molar-refractivity contribution in [3.8, 4) is 5.75 Å². The Morgan fingerprint density at radius 3 is 2.10 bits per heavy atom. The summed E-state index contributed by atoms with van der Waals surface area (Å²) in [6.45, 7) is 5.23. The van der Waals surface area contributed by atoms with Crippen molar-refractivity contribution in [2.45, 2.75) is 19.8 Å². The lowest BCUT2D eigenvalue weighted by atomic mass is 9.97. The van der Waals surface area contributed by atoms with Gasteiger partial charge in [-0.25, -0.2) is 0 Å². The molecule has 0 aliphatic carbocycles. The zero-order valence-electron chi connectivity index (χ0n) is 17.1. The fourth-order valence-corrected chi connectivity index (χ4v) is 3.89. The van der Waals surface area contributed by atoms with Crippen molar-refractivity contribution in [3.63, 3.8) is 0 Å². The molecule has 1 aromatic carbocycles. The van der Waals surface area contributed by atoms with E-state index in [0.29, 0.717) is 58.7 Å². The number of piperidine rings is 1. The first-order chi connectivity index (χ1) is 14.0. The van der Waals surface area contributed by atoms with E-state index in [4.69, 9.17) is 9.47 Å². The molecule has 0 bridgehead atoms. The summed E-state index contributed by atoms with van der Waals surface area (Å²) in [6, 6.07) is 7.79. The first-order valence-corrected chi connectivity index (χ1v) is 10.2. The Balaban J connectivity index is 1.50. The fraction of sp³-hybridized carbons (Fsp3) is 0.571. The average molecular weight is 403 g/mol. The Hall–Kier alpha value is -2.77. The monoisotopic (exact) mass is 403 g/mol. The van der Waals surface area contributed by atoms with E-state index in [-0.39, 0.29) is 11.9 Å². The molecule has 1 aromatic rings. The summed E-state index contributed by atoms with van der Waals surface area (Å²) in [6.07, 6.45) is 1.08. The van der Waals surface area contributed by atoms with Crippen LogP contribution in [0.2, 0.25) is 0 Å². The molecule has 0 N–H and O–H groups in total. The van der Waals surface area contributed by atoms with Crippen molar-refractivity contribution in [2.75, 3.05) is 57.9 Å². The van der Waals surface area contributed by atoms with Crippen LogP contribution in [0.1, 0.15) is 19.8 Å². The summed E-state index contributed by atoms with van der Waals surface area (Å²) < 4.78 is 10.5. The number of carbonyl (C=O) groups excluding carboxylic acids is 3. The van der Waals surface area contributed by atoms with Crippen LogP contribution in [0.25, 0.3) is 0 Å². The molecular formula is C21H29N3O5. The highest BCUT2D eigenvalue weighted by molar-refractivity contribution is 6.35. The van der Waals surface area contributed by atoms with Gasteiger partial charge in [0.1, 0.15) is 5.75 Å². The van der Waals surface area contributed by atoms with E-state index in [1.54, 1.807) is 23.8 Å². The summed E-state index contributed by atoms with van der Waals surface area (Å²) in [5, 5.41) is 0. The van der Waals surface area contributed by atoms with Gasteiger partial charge in [0, 0.05) is 39.3 Å². The molecule has 29 heavy (non-hydrogen) atoms. The lowest BCUT2D eigenvalue weighted by molar-refractivity contribution is -0.155. The molecule has 158 valence electrons. The van der Waals surface area contributed by atoms with Crippen LogP contribution < -0.4 is 9.64 Å². The third-order valence-corrected chi connectivity index (χ3v) is 5.58. The molecule has 8 heteroatoms. The number of nitrogens with zero attached hydrogens (tertiary/aromatic N) is 3. The third-order valence-electron chi connectivity index (χ3n) is 5.58. The first kappa shape index (κ1) is 21.0. The second-order valence-corrected chi connectivity index (χ2v) is 7.27. The zero-order valence-corrected chi connectivity index (χ0v) is 17.1. The normalized spacial score (nSPS) is 17.8. The van der Waals surface area contributed by atoms with E-state index < -0.39 is 11.8 Å². The van der Waals surface area contributed by atoms with Crippen LogP contribution in [0, 0.1) is 5.92 Å². The van der Waals surface area contributed by atoms with Crippen molar-refractivity contribution >= 4 is 23.5 Å². The third kappa shape index (κ3) is 4.81. The molecule has 0 unspecified atom stereocenters. The molecule has 2 amide bonds. The van der Waals surface area contributed by atoms with Crippen molar-refractivity contribution in [3.05, 3.63) is 24.3 Å². The number of ether oxygens (including phenoxy) is 2. The number of esters is 1. The fourth-order valence-electron chi connectivity index (χ4n) is 3.89. The van der Waals surface area contributed by atoms with Gasteiger partial charge in [-0.1, -0.05) is 12.1 Å². The minimum absolute atomic E-state index is 0.182. The average Bonchev–Trinajstić information content (AvgIpc) is 2.78. The molecule has 2 aliphatic rings. The summed E-state index contributed by atoms with van der Waals surface area (Å²) in [5.74, 6) is -0.526. The van der Waals surface area contributed by atoms with Gasteiger partial charge in [0.05, 0.1) is 25.3 Å². The minimum Gasteiger partial charge on any atom is -0.495 e. The number of para-hydroxylation sites is 2. The van der Waals surface area contributed by atoms with E-state index >= 15 is 0 Å². The standard InChI is InChI=1S/C21H29N3O5/c1-3-29-21(27)16-8-10-23(11-9-16)19(25)20(26)24-14-12-22(13-15-24)17-6-4-5-7-18(17)28-2/h4-7,16H,3,8-15H2,1-2H3. The topological polar surface area (TPSA) is 79.4 Å². The van der Waals surface area contributed by atoms with Crippen molar-refractivity contribution < 1.29 is 23.9 Å². The highest BCUT2D eigenvalue weighted by Gasteiger charge is 2.34. The van der Waals surface area contributed by atoms with Crippen molar-refractivity contribution in [2.24, 2.45) is 5.92 Å². The Morgan fingerprint density at radius 1 is 0.931 bits per heavy atom. The van der Waals surface area contributed by atoms with Gasteiger partial charge in [-0.2, -0.15) is 0 Å². The summed E-state index contributed by atoms with van der Waals surface area (Å²) in [4.78, 5) is 42.5. The quantitative estimate of drug-likeness (QED) is 0.554. The molecule has 2 fully saturated rings. The largest absolute Gasteiger partial charge is 0.495 e. The van der Waals surface area contributed by atoms with Crippen LogP contribution in [0.4, 0.5) is 5.69 Å². The van der Waals surface area contributed by atoms with Gasteiger partial charge in [-0.3, -0.25) is 14.4 Å². The molecular weight excluding hydrogens is 374 g/mol. The Morgan fingerprint density at radius 2 is 1.52 bits per heavy atom. The Labute approximate surface area is 171 Å². The van der Waals surface area contributed by atoms with Crippen LogP contribution in [-0.4, -0.2) is 80.6 Å². The molecule has 2 heterocycles. The van der Waals surface area contributed by atoms with Gasteiger partial charge in [0.15, 0.2) is 0 Å². The number of likely N-dealkylation sites (tertiary alicyclic amines) is 1. The molecule has 3 rings (SSSR count). The van der Waals surface area contributed by atoms with Crippen LogP contribution in [0.15, 0.2) is 24.3 Å². The minimum atomic E-state index is -0.474. The number of anilines is 1. The van der Waals surface area contributed by atoms with Gasteiger partial charge < -0.3 is 24.2 Å². The maximum absolute atomic E-state index is 12.7. The second kappa shape index (κ2) is 9.62. The smallest absolute Gasteiger partial charge is 0.312 e. The number of hydrogen-bond acceptors (Lipinski definition) is 6. The zero-order chi connectivity index (χ0) is 20.8. The molecule has 8 nitrogen and oxygen atoms in total. The number of benzene rings is 1. The van der Waals surface area contributed by atoms with Crippen molar-refractivity contribution in [1.29, 1.82) is 0 Å². The number of amides is 2. The van der Waals surface area contributed by atoms with Crippen LogP contribution in [-0.2, 0) is 19.1 Å².